The van der Waals surface area contributed by atoms with Crippen molar-refractivity contribution in [3.63, 3.8) is 0 Å². The van der Waals surface area contributed by atoms with E-state index in [-0.39, 0.29) is 0 Å². The van der Waals surface area contributed by atoms with Crippen molar-refractivity contribution in [2.75, 3.05) is 26.2 Å². The highest BCUT2D eigenvalue weighted by Gasteiger charge is 2.24. The quantitative estimate of drug-likeness (QED) is 0.104. The maximum absolute atomic E-state index is 2.50. The van der Waals surface area contributed by atoms with Crippen molar-refractivity contribution >= 4 is 6.08 Å². The maximum Gasteiger partial charge on any atom is 0.0977 e. The molecule has 0 aliphatic heterocycles. The van der Waals surface area contributed by atoms with Gasteiger partial charge in [-0.25, -0.2) is 0 Å². The van der Waals surface area contributed by atoms with Crippen molar-refractivity contribution in [3.05, 3.63) is 42.0 Å². The smallest absolute Gasteiger partial charge is 0.0977 e. The normalized spacial score (nSPS) is 12.1. The number of hydrogen-bond donors (Lipinski definition) is 0. The zero-order chi connectivity index (χ0) is 24.6. The summed E-state index contributed by atoms with van der Waals surface area (Å²) in [6, 6.07) is 10.9. The van der Waals surface area contributed by atoms with Crippen molar-refractivity contribution in [2.24, 2.45) is 0 Å². The molecular weight excluding hydrogens is 410 g/mol. The molecule has 1 nitrogen and oxygen atoms in total. The zero-order valence-electron chi connectivity index (χ0n) is 23.5. The molecule has 0 aliphatic rings. The number of quaternary nitrogens is 1. The average molecular weight is 471 g/mol. The highest BCUT2D eigenvalue weighted by molar-refractivity contribution is 5.48. The van der Waals surface area contributed by atoms with Crippen molar-refractivity contribution in [3.8, 4) is 0 Å². The Morgan fingerprint density at radius 1 is 0.500 bits per heavy atom. The van der Waals surface area contributed by atoms with Gasteiger partial charge in [-0.15, -0.1) is 0 Å². The molecule has 1 aromatic rings. The number of hydrogen-bond acceptors (Lipinski definition) is 0. The Morgan fingerprint density at radius 3 is 1.29 bits per heavy atom. The molecule has 0 N–H and O–H groups in total. The summed E-state index contributed by atoms with van der Waals surface area (Å²) in [7, 11) is 0. The summed E-state index contributed by atoms with van der Waals surface area (Å²) >= 11 is 0. The maximum atomic E-state index is 2.50. The second-order valence-electron chi connectivity index (χ2n) is 10.8. The fourth-order valence-corrected chi connectivity index (χ4v) is 5.27. The Morgan fingerprint density at radius 2 is 0.882 bits per heavy atom. The van der Waals surface area contributed by atoms with Gasteiger partial charge in [0.2, 0.25) is 0 Å². The number of unbranched alkanes of at least 4 members (excludes halogenated alkanes) is 15. The molecule has 0 fully saturated rings. The topological polar surface area (TPSA) is 0 Å². The molecule has 1 heteroatoms. The first-order chi connectivity index (χ1) is 16.8. The first-order valence-electron chi connectivity index (χ1n) is 15.3. The van der Waals surface area contributed by atoms with Crippen molar-refractivity contribution < 1.29 is 4.48 Å². The highest BCUT2D eigenvalue weighted by Crippen LogP contribution is 2.19. The molecule has 0 saturated carbocycles. The third-order valence-electron chi connectivity index (χ3n) is 7.56. The van der Waals surface area contributed by atoms with Gasteiger partial charge in [0.25, 0.3) is 0 Å². The molecule has 0 amide bonds. The van der Waals surface area contributed by atoms with Crippen LogP contribution in [0.3, 0.4) is 0 Å². The van der Waals surface area contributed by atoms with Crippen LogP contribution in [-0.2, 0) is 0 Å². The van der Waals surface area contributed by atoms with Crippen LogP contribution in [0.1, 0.15) is 142 Å². The molecule has 0 aliphatic carbocycles. The Kier molecular flexibility index (Phi) is 20.4. The van der Waals surface area contributed by atoms with Gasteiger partial charge in [0.05, 0.1) is 26.2 Å². The summed E-state index contributed by atoms with van der Waals surface area (Å²) in [4.78, 5) is 0. The van der Waals surface area contributed by atoms with Gasteiger partial charge in [0.1, 0.15) is 0 Å². The average Bonchev–Trinajstić information content (AvgIpc) is 2.86. The van der Waals surface area contributed by atoms with Crippen LogP contribution in [0.5, 0.6) is 0 Å². The van der Waals surface area contributed by atoms with E-state index < -0.39 is 0 Å². The summed E-state index contributed by atoms with van der Waals surface area (Å²) in [5.41, 5.74) is 1.35. The predicted molar refractivity (Wildman–Crippen MR) is 155 cm³/mol. The van der Waals surface area contributed by atoms with E-state index in [1.165, 1.54) is 152 Å². The lowest BCUT2D eigenvalue weighted by atomic mass is 10.1. The van der Waals surface area contributed by atoms with E-state index in [0.29, 0.717) is 0 Å². The molecule has 1 rings (SSSR count). The van der Waals surface area contributed by atoms with E-state index in [1.807, 2.05) is 0 Å². The van der Waals surface area contributed by atoms with Crippen molar-refractivity contribution in [1.29, 1.82) is 0 Å². The lowest BCUT2D eigenvalue weighted by Gasteiger charge is -2.39. The summed E-state index contributed by atoms with van der Waals surface area (Å²) in [5, 5.41) is 0. The van der Waals surface area contributed by atoms with E-state index in [2.05, 4.69) is 63.3 Å². The van der Waals surface area contributed by atoms with Gasteiger partial charge in [-0.3, -0.25) is 0 Å². The van der Waals surface area contributed by atoms with Crippen molar-refractivity contribution in [2.45, 2.75) is 136 Å². The number of nitrogens with zero attached hydrogens (tertiary/aromatic N) is 1. The van der Waals surface area contributed by atoms with Gasteiger partial charge in [-0.2, -0.15) is 0 Å². The van der Waals surface area contributed by atoms with Gasteiger partial charge in [0, 0.05) is 0 Å². The van der Waals surface area contributed by atoms with Crippen molar-refractivity contribution in [1.82, 2.24) is 0 Å². The van der Waals surface area contributed by atoms with Crippen LogP contribution < -0.4 is 0 Å². The van der Waals surface area contributed by atoms with Gasteiger partial charge < -0.3 is 4.48 Å². The van der Waals surface area contributed by atoms with Crippen LogP contribution in [0, 0.1) is 0 Å². The minimum atomic E-state index is 1.22. The minimum absolute atomic E-state index is 1.22. The van der Waals surface area contributed by atoms with Crippen LogP contribution in [-0.4, -0.2) is 30.7 Å². The first-order valence-corrected chi connectivity index (χ1v) is 15.3. The molecule has 0 bridgehead atoms. The monoisotopic (exact) mass is 470 g/mol. The van der Waals surface area contributed by atoms with E-state index in [0.717, 1.165) is 0 Å². The van der Waals surface area contributed by atoms with Gasteiger partial charge in [-0.1, -0.05) is 134 Å². The summed E-state index contributed by atoms with van der Waals surface area (Å²) in [6.45, 7) is 12.3. The fraction of sp³-hybridized carbons (Fsp3) is 0.758. The van der Waals surface area contributed by atoms with E-state index >= 15 is 0 Å². The summed E-state index contributed by atoms with van der Waals surface area (Å²) < 4.78 is 1.33. The molecule has 0 aromatic heterocycles. The van der Waals surface area contributed by atoms with E-state index in [9.17, 15) is 0 Å². The molecule has 0 radical (unpaired) electrons. The van der Waals surface area contributed by atoms with Crippen LogP contribution >= 0.6 is 0 Å². The lowest BCUT2D eigenvalue weighted by molar-refractivity contribution is -0.923. The van der Waals surface area contributed by atoms with Crippen LogP contribution in [0.4, 0.5) is 0 Å². The SMILES string of the molecule is CCCCCCCC[N+](C/C=C/c1ccccc1)(CCCCCCCC)CCCCCCCC. The number of rotatable bonds is 24. The Hall–Kier alpha value is -1.08. The minimum Gasteiger partial charge on any atom is -0.320 e. The Balaban J connectivity index is 2.73. The Bertz CT molecular complexity index is 520. The highest BCUT2D eigenvalue weighted by atomic mass is 15.3. The molecule has 0 unspecified atom stereocenters. The third kappa shape index (κ3) is 16.5. The molecule has 0 spiro atoms. The molecular formula is C33H60N+. The molecule has 0 heterocycles. The third-order valence-corrected chi connectivity index (χ3v) is 7.56. The van der Waals surface area contributed by atoms with E-state index in [1.54, 1.807) is 0 Å². The largest absolute Gasteiger partial charge is 0.320 e. The second kappa shape index (κ2) is 22.4. The van der Waals surface area contributed by atoms with E-state index in [4.69, 9.17) is 0 Å². The summed E-state index contributed by atoms with van der Waals surface area (Å²) in [6.07, 6.45) is 30.2. The predicted octanol–water partition coefficient (Wildman–Crippen LogP) is 10.6. The molecule has 196 valence electrons. The zero-order valence-corrected chi connectivity index (χ0v) is 23.5. The first kappa shape index (κ1) is 31.0. The molecule has 0 saturated heterocycles. The second-order valence-corrected chi connectivity index (χ2v) is 10.8. The fourth-order valence-electron chi connectivity index (χ4n) is 5.27. The van der Waals surface area contributed by atoms with Gasteiger partial charge in [0.15, 0.2) is 0 Å². The standard InChI is InChI=1S/C33H60N/c1-4-7-10-13-16-22-29-34(30-23-17-14-11-8-5-2,31-24-18-15-12-9-6-3)32-25-28-33-26-20-19-21-27-33/h19-21,25-28H,4-18,22-24,29-32H2,1-3H3/q+1/b28-25+. The van der Waals surface area contributed by atoms with Gasteiger partial charge in [-0.05, 0) is 50.2 Å². The number of benzene rings is 1. The van der Waals surface area contributed by atoms with Crippen LogP contribution in [0.25, 0.3) is 6.08 Å². The Labute approximate surface area is 215 Å². The summed E-state index contributed by atoms with van der Waals surface area (Å²) in [5.74, 6) is 0. The van der Waals surface area contributed by atoms with Gasteiger partial charge >= 0.3 is 0 Å². The van der Waals surface area contributed by atoms with Crippen LogP contribution in [0.15, 0.2) is 36.4 Å². The lowest BCUT2D eigenvalue weighted by Crippen LogP contribution is -2.50. The molecule has 1 aromatic carbocycles. The molecule has 0 atom stereocenters. The molecule has 34 heavy (non-hydrogen) atoms. The van der Waals surface area contributed by atoms with Crippen LogP contribution in [0.2, 0.25) is 0 Å².